The minimum absolute atomic E-state index is 0.149. The average molecular weight is 647 g/mol. The molecule has 0 aromatic heterocycles. The van der Waals surface area contributed by atoms with Gasteiger partial charge >= 0.3 is 0 Å². The molecule has 6 heteroatoms. The van der Waals surface area contributed by atoms with Gasteiger partial charge in [0.1, 0.15) is 24.7 Å². The van der Waals surface area contributed by atoms with Gasteiger partial charge in [0, 0.05) is 6.42 Å². The molecule has 0 aliphatic carbocycles. The molecule has 3 N–H and O–H groups in total. The number of carbonyl (C=O) groups is 2. The quantitative estimate of drug-likeness (QED) is 0.121. The molecule has 49 heavy (non-hydrogen) atoms. The van der Waals surface area contributed by atoms with E-state index in [1.165, 1.54) is 0 Å². The van der Waals surface area contributed by atoms with E-state index in [2.05, 4.69) is 5.32 Å². The predicted octanol–water partition coefficient (Wildman–Crippen LogP) is 7.39. The monoisotopic (exact) mass is 646 g/mol. The molecule has 0 fully saturated rings. The molecule has 0 saturated heterocycles. The molecule has 6 nitrogen and oxygen atoms in total. The van der Waals surface area contributed by atoms with Crippen molar-refractivity contribution >= 4 is 11.8 Å². The van der Waals surface area contributed by atoms with Crippen LogP contribution in [0.4, 0.5) is 0 Å². The number of hydrogen-bond acceptors (Lipinski definition) is 4. The van der Waals surface area contributed by atoms with Crippen molar-refractivity contribution in [3.8, 4) is 11.5 Å². The van der Waals surface area contributed by atoms with Crippen molar-refractivity contribution in [2.75, 3.05) is 0 Å². The topological polar surface area (TPSA) is 90.7 Å². The van der Waals surface area contributed by atoms with E-state index >= 15 is 0 Å². The van der Waals surface area contributed by atoms with Crippen molar-refractivity contribution in [3.63, 3.8) is 0 Å². The normalized spacial score (nSPS) is 11.7. The van der Waals surface area contributed by atoms with E-state index in [4.69, 9.17) is 15.2 Å². The second-order valence-electron chi connectivity index (χ2n) is 11.8. The Morgan fingerprint density at radius 3 is 1.37 bits per heavy atom. The lowest BCUT2D eigenvalue weighted by Gasteiger charge is -2.35. The van der Waals surface area contributed by atoms with Crippen LogP contribution in [0, 0.1) is 0 Å². The van der Waals surface area contributed by atoms with Gasteiger partial charge in [-0.1, -0.05) is 158 Å². The summed E-state index contributed by atoms with van der Waals surface area (Å²) < 4.78 is 12.5. The SMILES string of the molecule is NC(=O)[C@@H](Cc1ccc(OCc2ccccc2)c(OCc2ccccc2)c1)NC(=O)C(c1ccccc1)(c1ccccc1)c1ccccc1. The Balaban J connectivity index is 1.32. The summed E-state index contributed by atoms with van der Waals surface area (Å²) in [4.78, 5) is 27.9. The molecule has 0 unspecified atom stereocenters. The average Bonchev–Trinajstić information content (AvgIpc) is 3.16. The fraction of sp³-hybridized carbons (Fsp3) is 0.116. The zero-order chi connectivity index (χ0) is 33.9. The molecule has 6 rings (SSSR count). The molecule has 0 heterocycles. The van der Waals surface area contributed by atoms with E-state index in [1.807, 2.05) is 170 Å². The molecule has 6 aromatic rings. The Morgan fingerprint density at radius 1 is 0.531 bits per heavy atom. The Kier molecular flexibility index (Phi) is 10.5. The lowest BCUT2D eigenvalue weighted by molar-refractivity contribution is -0.129. The third-order valence-electron chi connectivity index (χ3n) is 8.53. The minimum Gasteiger partial charge on any atom is -0.485 e. The zero-order valence-corrected chi connectivity index (χ0v) is 27.1. The lowest BCUT2D eigenvalue weighted by Crippen LogP contribution is -2.54. The Morgan fingerprint density at radius 2 is 0.939 bits per heavy atom. The van der Waals surface area contributed by atoms with Crippen molar-refractivity contribution in [1.29, 1.82) is 0 Å². The third-order valence-corrected chi connectivity index (χ3v) is 8.53. The van der Waals surface area contributed by atoms with Gasteiger partial charge in [-0.3, -0.25) is 9.59 Å². The Bertz CT molecular complexity index is 1850. The van der Waals surface area contributed by atoms with Crippen LogP contribution < -0.4 is 20.5 Å². The van der Waals surface area contributed by atoms with Gasteiger partial charge < -0.3 is 20.5 Å². The van der Waals surface area contributed by atoms with E-state index < -0.39 is 17.4 Å². The number of ether oxygens (including phenoxy) is 2. The highest BCUT2D eigenvalue weighted by molar-refractivity contribution is 5.98. The predicted molar refractivity (Wildman–Crippen MR) is 192 cm³/mol. The van der Waals surface area contributed by atoms with E-state index in [-0.39, 0.29) is 12.3 Å². The van der Waals surface area contributed by atoms with Crippen molar-refractivity contribution in [2.24, 2.45) is 5.73 Å². The van der Waals surface area contributed by atoms with Gasteiger partial charge in [-0.2, -0.15) is 0 Å². The van der Waals surface area contributed by atoms with E-state index in [9.17, 15) is 9.59 Å². The van der Waals surface area contributed by atoms with Crippen molar-refractivity contribution < 1.29 is 19.1 Å². The van der Waals surface area contributed by atoms with Crippen LogP contribution in [0.2, 0.25) is 0 Å². The number of benzene rings is 6. The summed E-state index contributed by atoms with van der Waals surface area (Å²) in [5.41, 5.74) is 9.83. The molecule has 0 radical (unpaired) electrons. The standard InChI is InChI=1S/C43H38N2O4/c44-41(46)38(45-42(47)43(35-20-10-3-11-21-35,36-22-12-4-13-23-36)37-24-14-5-15-25-37)28-34-26-27-39(48-30-32-16-6-1-7-17-32)40(29-34)49-31-33-18-8-2-9-19-33/h1-27,29,38H,28,30-31H2,(H2,44,46)(H,45,47)/t38-/m1/s1. The van der Waals surface area contributed by atoms with Crippen LogP contribution in [0.3, 0.4) is 0 Å². The zero-order valence-electron chi connectivity index (χ0n) is 27.1. The van der Waals surface area contributed by atoms with Crippen molar-refractivity contribution in [1.82, 2.24) is 5.32 Å². The van der Waals surface area contributed by atoms with Crippen LogP contribution in [0.25, 0.3) is 0 Å². The van der Waals surface area contributed by atoms with Crippen LogP contribution in [0.1, 0.15) is 33.4 Å². The maximum absolute atomic E-state index is 14.8. The van der Waals surface area contributed by atoms with Crippen LogP contribution in [-0.4, -0.2) is 17.9 Å². The highest BCUT2D eigenvalue weighted by Crippen LogP contribution is 2.40. The summed E-state index contributed by atoms with van der Waals surface area (Å²) in [5, 5.41) is 3.05. The number of rotatable bonds is 14. The minimum atomic E-state index is -1.25. The second-order valence-corrected chi connectivity index (χ2v) is 11.8. The van der Waals surface area contributed by atoms with Gasteiger partial charge in [0.2, 0.25) is 11.8 Å². The Hall–Kier alpha value is -6.14. The fourth-order valence-corrected chi connectivity index (χ4v) is 6.06. The molecule has 2 amide bonds. The van der Waals surface area contributed by atoms with Crippen LogP contribution in [-0.2, 0) is 34.6 Å². The van der Waals surface area contributed by atoms with Gasteiger partial charge in [0.05, 0.1) is 0 Å². The summed E-state index contributed by atoms with van der Waals surface area (Å²) in [7, 11) is 0. The molecule has 0 aliphatic heterocycles. The van der Waals surface area contributed by atoms with Gasteiger partial charge in [-0.25, -0.2) is 0 Å². The van der Waals surface area contributed by atoms with E-state index in [1.54, 1.807) is 0 Å². The largest absolute Gasteiger partial charge is 0.485 e. The third kappa shape index (κ3) is 7.71. The van der Waals surface area contributed by atoms with E-state index in [0.29, 0.717) is 24.7 Å². The summed E-state index contributed by atoms with van der Waals surface area (Å²) in [6.45, 7) is 0.693. The first-order valence-electron chi connectivity index (χ1n) is 16.3. The maximum atomic E-state index is 14.8. The number of primary amides is 1. The number of nitrogens with one attached hydrogen (secondary N) is 1. The Labute approximate surface area is 287 Å². The number of amides is 2. The van der Waals surface area contributed by atoms with Gasteiger partial charge in [-0.05, 0) is 45.5 Å². The smallest absolute Gasteiger partial charge is 0.240 e. The van der Waals surface area contributed by atoms with Gasteiger partial charge in [-0.15, -0.1) is 0 Å². The molecule has 244 valence electrons. The summed E-state index contributed by atoms with van der Waals surface area (Å²) in [6, 6.07) is 53.1. The van der Waals surface area contributed by atoms with Crippen LogP contribution in [0.15, 0.2) is 170 Å². The molecular weight excluding hydrogens is 608 g/mol. The number of carbonyl (C=O) groups excluding carboxylic acids is 2. The molecule has 0 bridgehead atoms. The van der Waals surface area contributed by atoms with Crippen LogP contribution >= 0.6 is 0 Å². The van der Waals surface area contributed by atoms with Gasteiger partial charge in [0.25, 0.3) is 0 Å². The summed E-state index contributed by atoms with van der Waals surface area (Å²) in [6.07, 6.45) is 0.149. The first-order chi connectivity index (χ1) is 24.0. The molecular formula is C43H38N2O4. The molecule has 0 aliphatic rings. The van der Waals surface area contributed by atoms with Crippen molar-refractivity contribution in [3.05, 3.63) is 203 Å². The number of nitrogens with two attached hydrogens (primary N) is 1. The number of hydrogen-bond donors (Lipinski definition) is 2. The molecule has 0 spiro atoms. The first kappa shape index (κ1) is 32.8. The highest BCUT2D eigenvalue weighted by Gasteiger charge is 2.44. The highest BCUT2D eigenvalue weighted by atomic mass is 16.5. The maximum Gasteiger partial charge on any atom is 0.240 e. The van der Waals surface area contributed by atoms with Crippen molar-refractivity contribution in [2.45, 2.75) is 31.1 Å². The molecule has 1 atom stereocenters. The second kappa shape index (κ2) is 15.6. The van der Waals surface area contributed by atoms with Gasteiger partial charge in [0.15, 0.2) is 11.5 Å². The summed E-state index contributed by atoms with van der Waals surface area (Å²) in [5.74, 6) is 0.0920. The lowest BCUT2D eigenvalue weighted by atomic mass is 9.68. The van der Waals surface area contributed by atoms with E-state index in [0.717, 1.165) is 33.4 Å². The summed E-state index contributed by atoms with van der Waals surface area (Å²) >= 11 is 0. The molecule has 0 saturated carbocycles. The molecule has 6 aromatic carbocycles. The van der Waals surface area contributed by atoms with Crippen LogP contribution in [0.5, 0.6) is 11.5 Å². The first-order valence-corrected chi connectivity index (χ1v) is 16.3. The fourth-order valence-electron chi connectivity index (χ4n) is 6.06.